The number of aromatic nitrogens is 1. The molecule has 0 bridgehead atoms. The predicted molar refractivity (Wildman–Crippen MR) is 84.9 cm³/mol. The lowest BCUT2D eigenvalue weighted by Crippen LogP contribution is -2.62. The summed E-state index contributed by atoms with van der Waals surface area (Å²) in [5.74, 6) is -2.63. The van der Waals surface area contributed by atoms with Crippen LogP contribution in [0.1, 0.15) is 18.9 Å². The number of hydrogen-bond donors (Lipinski definition) is 0. The highest BCUT2D eigenvalue weighted by Gasteiger charge is 2.50. The van der Waals surface area contributed by atoms with Gasteiger partial charge in [0.15, 0.2) is 0 Å². The SMILES string of the molecule is CCOC[C@@H]1CC(F)(F)CN1C1CN(C(=O)Cc2ccncc2)C1. The lowest BCUT2D eigenvalue weighted by atomic mass is 10.0. The van der Waals surface area contributed by atoms with Gasteiger partial charge < -0.3 is 9.64 Å². The summed E-state index contributed by atoms with van der Waals surface area (Å²) >= 11 is 0. The summed E-state index contributed by atoms with van der Waals surface area (Å²) in [6.45, 7) is 3.51. The lowest BCUT2D eigenvalue weighted by Gasteiger charge is -2.46. The van der Waals surface area contributed by atoms with Crippen LogP contribution < -0.4 is 0 Å². The minimum atomic E-state index is -2.66. The van der Waals surface area contributed by atoms with Gasteiger partial charge in [0.1, 0.15) is 0 Å². The fraction of sp³-hybridized carbons (Fsp3) is 0.647. The molecule has 132 valence electrons. The van der Waals surface area contributed by atoms with Crippen LogP contribution >= 0.6 is 0 Å². The number of nitrogens with zero attached hydrogens (tertiary/aromatic N) is 3. The minimum Gasteiger partial charge on any atom is -0.380 e. The van der Waals surface area contributed by atoms with E-state index in [-0.39, 0.29) is 31.0 Å². The third kappa shape index (κ3) is 3.89. The molecule has 24 heavy (non-hydrogen) atoms. The number of alkyl halides is 2. The summed E-state index contributed by atoms with van der Waals surface area (Å²) in [7, 11) is 0. The van der Waals surface area contributed by atoms with Gasteiger partial charge in [-0.25, -0.2) is 8.78 Å². The molecule has 2 fully saturated rings. The third-order valence-corrected chi connectivity index (χ3v) is 4.72. The van der Waals surface area contributed by atoms with Gasteiger partial charge in [0.2, 0.25) is 5.91 Å². The van der Waals surface area contributed by atoms with Gasteiger partial charge in [0.05, 0.1) is 19.6 Å². The summed E-state index contributed by atoms with van der Waals surface area (Å²) in [4.78, 5) is 19.7. The quantitative estimate of drug-likeness (QED) is 0.789. The third-order valence-electron chi connectivity index (χ3n) is 4.72. The standard InChI is InChI=1S/C17H23F2N3O2/c1-2-24-11-14-8-17(18,19)12-22(14)15-9-21(10-15)16(23)7-13-3-5-20-6-4-13/h3-6,14-15H,2,7-12H2,1H3/t14-/m0/s1. The van der Waals surface area contributed by atoms with Gasteiger partial charge in [-0.2, -0.15) is 0 Å². The number of carbonyl (C=O) groups excluding carboxylic acids is 1. The second-order valence-electron chi connectivity index (χ2n) is 6.53. The van der Waals surface area contributed by atoms with E-state index < -0.39 is 5.92 Å². The lowest BCUT2D eigenvalue weighted by molar-refractivity contribution is -0.138. The first kappa shape index (κ1) is 17.2. The summed E-state index contributed by atoms with van der Waals surface area (Å²) in [6, 6.07) is 3.37. The maximum absolute atomic E-state index is 13.8. The van der Waals surface area contributed by atoms with Crippen molar-refractivity contribution in [3.05, 3.63) is 30.1 Å². The normalized spacial score (nSPS) is 24.1. The molecule has 2 saturated heterocycles. The Balaban J connectivity index is 1.52. The molecule has 2 aliphatic rings. The Bertz CT molecular complexity index is 564. The van der Waals surface area contributed by atoms with Crippen molar-refractivity contribution < 1.29 is 18.3 Å². The number of likely N-dealkylation sites (tertiary alicyclic amines) is 2. The zero-order chi connectivity index (χ0) is 17.2. The van der Waals surface area contributed by atoms with Gasteiger partial charge in [0, 0.05) is 50.6 Å². The van der Waals surface area contributed by atoms with E-state index in [9.17, 15) is 13.6 Å². The molecule has 1 atom stereocenters. The molecule has 0 N–H and O–H groups in total. The Morgan fingerprint density at radius 2 is 2.08 bits per heavy atom. The molecule has 3 heterocycles. The van der Waals surface area contributed by atoms with Crippen LogP contribution in [0, 0.1) is 0 Å². The zero-order valence-electron chi connectivity index (χ0n) is 13.8. The van der Waals surface area contributed by atoms with Gasteiger partial charge >= 0.3 is 0 Å². The van der Waals surface area contributed by atoms with Crippen LogP contribution in [0.5, 0.6) is 0 Å². The van der Waals surface area contributed by atoms with Gasteiger partial charge in [-0.3, -0.25) is 14.7 Å². The number of carbonyl (C=O) groups is 1. The highest BCUT2D eigenvalue weighted by atomic mass is 19.3. The first-order valence-corrected chi connectivity index (χ1v) is 8.36. The van der Waals surface area contributed by atoms with E-state index in [1.165, 1.54) is 0 Å². The number of amides is 1. The molecule has 7 heteroatoms. The first-order chi connectivity index (χ1) is 11.5. The number of halogens is 2. The van der Waals surface area contributed by atoms with E-state index in [0.29, 0.717) is 32.7 Å². The maximum atomic E-state index is 13.8. The minimum absolute atomic E-state index is 0.00483. The Labute approximate surface area is 140 Å². The van der Waals surface area contributed by atoms with Crippen molar-refractivity contribution in [1.29, 1.82) is 0 Å². The molecule has 5 nitrogen and oxygen atoms in total. The highest BCUT2D eigenvalue weighted by Crippen LogP contribution is 2.35. The van der Waals surface area contributed by atoms with Crippen molar-refractivity contribution in [2.24, 2.45) is 0 Å². The molecule has 1 aromatic heterocycles. The highest BCUT2D eigenvalue weighted by molar-refractivity contribution is 5.79. The molecule has 1 aromatic rings. The van der Waals surface area contributed by atoms with E-state index >= 15 is 0 Å². The number of hydrogen-bond acceptors (Lipinski definition) is 4. The fourth-order valence-electron chi connectivity index (χ4n) is 3.41. The van der Waals surface area contributed by atoms with Crippen molar-refractivity contribution >= 4 is 5.91 Å². The van der Waals surface area contributed by atoms with Crippen LogP contribution in [0.4, 0.5) is 8.78 Å². The second-order valence-corrected chi connectivity index (χ2v) is 6.53. The summed E-state index contributed by atoms with van der Waals surface area (Å²) in [5, 5.41) is 0. The van der Waals surface area contributed by atoms with Crippen LogP contribution in [0.15, 0.2) is 24.5 Å². The Hall–Kier alpha value is -1.60. The van der Waals surface area contributed by atoms with Crippen LogP contribution in [-0.2, 0) is 16.0 Å². The summed E-state index contributed by atoms with van der Waals surface area (Å²) in [6.07, 6.45) is 3.49. The van der Waals surface area contributed by atoms with Crippen molar-refractivity contribution in [2.45, 2.75) is 37.8 Å². The van der Waals surface area contributed by atoms with Crippen molar-refractivity contribution in [3.63, 3.8) is 0 Å². The van der Waals surface area contributed by atoms with Gasteiger partial charge in [-0.1, -0.05) is 0 Å². The predicted octanol–water partition coefficient (Wildman–Crippen LogP) is 1.58. The maximum Gasteiger partial charge on any atom is 0.262 e. The molecule has 0 unspecified atom stereocenters. The molecule has 3 rings (SSSR count). The molecule has 2 aliphatic heterocycles. The van der Waals surface area contributed by atoms with E-state index in [1.54, 1.807) is 17.3 Å². The topological polar surface area (TPSA) is 45.7 Å². The second kappa shape index (κ2) is 7.11. The molecule has 1 amide bonds. The van der Waals surface area contributed by atoms with E-state index in [2.05, 4.69) is 4.98 Å². The van der Waals surface area contributed by atoms with E-state index in [1.807, 2.05) is 24.0 Å². The Morgan fingerprint density at radius 3 is 2.75 bits per heavy atom. The largest absolute Gasteiger partial charge is 0.380 e. The molecule has 0 spiro atoms. The van der Waals surface area contributed by atoms with E-state index in [4.69, 9.17) is 4.74 Å². The van der Waals surface area contributed by atoms with Crippen molar-refractivity contribution in [3.8, 4) is 0 Å². The molecule has 0 saturated carbocycles. The molecule has 0 aromatic carbocycles. The summed E-state index contributed by atoms with van der Waals surface area (Å²) < 4.78 is 32.9. The molecular formula is C17H23F2N3O2. The molecule has 0 aliphatic carbocycles. The average molecular weight is 339 g/mol. The summed E-state index contributed by atoms with van der Waals surface area (Å²) in [5.41, 5.74) is 0.917. The van der Waals surface area contributed by atoms with Crippen LogP contribution in [0.2, 0.25) is 0 Å². The first-order valence-electron chi connectivity index (χ1n) is 8.36. The number of ether oxygens (including phenoxy) is 1. The molecular weight excluding hydrogens is 316 g/mol. The fourth-order valence-corrected chi connectivity index (χ4v) is 3.41. The van der Waals surface area contributed by atoms with Gasteiger partial charge in [-0.05, 0) is 24.6 Å². The molecule has 0 radical (unpaired) electrons. The Kier molecular flexibility index (Phi) is 5.10. The van der Waals surface area contributed by atoms with Crippen LogP contribution in [0.25, 0.3) is 0 Å². The smallest absolute Gasteiger partial charge is 0.262 e. The number of pyridine rings is 1. The number of rotatable bonds is 6. The zero-order valence-corrected chi connectivity index (χ0v) is 13.8. The Morgan fingerprint density at radius 1 is 1.38 bits per heavy atom. The van der Waals surface area contributed by atoms with Crippen LogP contribution in [-0.4, -0.2) is 71.5 Å². The van der Waals surface area contributed by atoms with Gasteiger partial charge in [0.25, 0.3) is 5.92 Å². The average Bonchev–Trinajstić information content (AvgIpc) is 2.79. The van der Waals surface area contributed by atoms with Crippen LogP contribution in [0.3, 0.4) is 0 Å². The van der Waals surface area contributed by atoms with E-state index in [0.717, 1.165) is 5.56 Å². The van der Waals surface area contributed by atoms with Crippen molar-refractivity contribution in [2.75, 3.05) is 32.8 Å². The van der Waals surface area contributed by atoms with Crippen molar-refractivity contribution in [1.82, 2.24) is 14.8 Å². The monoisotopic (exact) mass is 339 g/mol. The van der Waals surface area contributed by atoms with Gasteiger partial charge in [-0.15, -0.1) is 0 Å².